The molecule has 1 nitrogen and oxygen atoms in total. The summed E-state index contributed by atoms with van der Waals surface area (Å²) in [5, 5.41) is 0. The maximum absolute atomic E-state index is 2.62. The lowest BCUT2D eigenvalue weighted by atomic mass is 9.42. The number of hydrogen-bond acceptors (Lipinski definition) is 1. The molecule has 5 aliphatic carbocycles. The minimum Gasteiger partial charge on any atom is -0.298 e. The number of nitrogens with zero attached hydrogens (tertiary/aromatic N) is 1. The molecule has 5 fully saturated rings. The average Bonchev–Trinajstić information content (AvgIpc) is 3.22. The second-order valence-corrected chi connectivity index (χ2v) is 35.5. The highest BCUT2D eigenvalue weighted by Crippen LogP contribution is 2.67. The van der Waals surface area contributed by atoms with E-state index in [2.05, 4.69) is 243 Å². The van der Waals surface area contributed by atoms with Crippen molar-refractivity contribution in [1.29, 1.82) is 0 Å². The van der Waals surface area contributed by atoms with Crippen LogP contribution in [0, 0.1) is 72.4 Å². The van der Waals surface area contributed by atoms with Gasteiger partial charge in [-0.25, -0.2) is 0 Å². The Morgan fingerprint density at radius 3 is 0.822 bits per heavy atom. The van der Waals surface area contributed by atoms with E-state index in [1.807, 2.05) is 0 Å². The summed E-state index contributed by atoms with van der Waals surface area (Å²) in [7, 11) is 0. The summed E-state index contributed by atoms with van der Waals surface area (Å²) in [6.07, 6.45) is 23.9. The van der Waals surface area contributed by atoms with Gasteiger partial charge in [-0.3, -0.25) is 4.90 Å². The van der Waals surface area contributed by atoms with Gasteiger partial charge in [0.05, 0.1) is 0 Å². The Labute approximate surface area is 463 Å². The van der Waals surface area contributed by atoms with Crippen LogP contribution in [0.3, 0.4) is 0 Å². The zero-order chi connectivity index (χ0) is 56.2. The molecule has 0 aromatic heterocycles. The molecule has 1 unspecified atom stereocenters. The van der Waals surface area contributed by atoms with E-state index in [0.717, 1.165) is 23.7 Å². The predicted octanol–water partition coefficient (Wildman–Crippen LogP) is 23.6. The molecule has 73 heavy (non-hydrogen) atoms. The number of benzene rings is 1. The molecule has 1 heteroatoms. The highest BCUT2D eigenvalue weighted by Gasteiger charge is 2.56. The lowest BCUT2D eigenvalue weighted by Gasteiger charge is -2.62. The van der Waals surface area contributed by atoms with Gasteiger partial charge in [-0.2, -0.15) is 0 Å². The van der Waals surface area contributed by atoms with Gasteiger partial charge in [0, 0.05) is 5.54 Å². The molecule has 1 aromatic rings. The standard InChI is InChI=1S/C16H30.C14H28.C14H26.C14H22.C13H27N.CH4/c1-13(2,3)15-7-10-16(11-8-15,12-9-15)14(4,5)6;3*1-13(2,3)11-7-9-12(10-8-11)14(4,5)6;1-12(2,3)11-7-9-14(10-8-11)13(4,5)6;/h7-12H2,1-6H3;11-12H,7-10H2,1-6H3;7,12H,8-10H2,1-6H3;7-10H,1-6H3;11H,7-10H2,1-6H3;1H4. The first-order valence-electron chi connectivity index (χ1n) is 30.5. The van der Waals surface area contributed by atoms with Crippen molar-refractivity contribution in [2.45, 2.75) is 328 Å². The first kappa shape index (κ1) is 69.9. The third-order valence-corrected chi connectivity index (χ3v) is 20.5. The SMILES string of the molecule is C.CC(C)(C)C12CCC(C(C)(C)C)(CC1)CC2.CC(C)(C)C1=CCC(C(C)(C)C)CC1.CC(C)(C)C1CCC(C(C)(C)C)CC1.CC(C)(C)C1CCN(C(C)(C)C)CC1.CC(C)(C)c1ccc(C(C)(C)C)cc1. The third kappa shape index (κ3) is 21.2. The quantitative estimate of drug-likeness (QED) is 0.234. The van der Waals surface area contributed by atoms with Crippen LogP contribution in [0.4, 0.5) is 0 Å². The Morgan fingerprint density at radius 1 is 0.356 bits per heavy atom. The van der Waals surface area contributed by atoms with E-state index < -0.39 is 0 Å². The second-order valence-electron chi connectivity index (χ2n) is 35.5. The van der Waals surface area contributed by atoms with Crippen molar-refractivity contribution in [3.05, 3.63) is 47.0 Å². The maximum Gasteiger partial charge on any atom is 0.0125 e. The van der Waals surface area contributed by atoms with Crippen LogP contribution in [0.5, 0.6) is 0 Å². The van der Waals surface area contributed by atoms with Crippen LogP contribution in [0.2, 0.25) is 0 Å². The van der Waals surface area contributed by atoms with Crippen molar-refractivity contribution in [3.63, 3.8) is 0 Å². The van der Waals surface area contributed by atoms with Crippen LogP contribution < -0.4 is 0 Å². The van der Waals surface area contributed by atoms with Crippen LogP contribution in [0.1, 0.15) is 323 Å². The van der Waals surface area contributed by atoms with Crippen molar-refractivity contribution in [2.24, 2.45) is 72.4 Å². The molecule has 0 amide bonds. The summed E-state index contributed by atoms with van der Waals surface area (Å²) in [6.45, 7) is 73.4. The normalized spacial score (nSPS) is 26.2. The zero-order valence-corrected chi connectivity index (χ0v) is 55.2. The second kappa shape index (κ2) is 25.4. The minimum absolute atomic E-state index is 0. The largest absolute Gasteiger partial charge is 0.298 e. The molecule has 0 N–H and O–H groups in total. The highest BCUT2D eigenvalue weighted by molar-refractivity contribution is 5.31. The Kier molecular flexibility index (Phi) is 24.3. The van der Waals surface area contributed by atoms with Crippen molar-refractivity contribution >= 4 is 0 Å². The predicted molar refractivity (Wildman–Crippen MR) is 334 cm³/mol. The van der Waals surface area contributed by atoms with Gasteiger partial charge >= 0.3 is 0 Å². The van der Waals surface area contributed by atoms with E-state index >= 15 is 0 Å². The summed E-state index contributed by atoms with van der Waals surface area (Å²) in [4.78, 5) is 2.62. The van der Waals surface area contributed by atoms with Gasteiger partial charge in [0.25, 0.3) is 0 Å². The molecule has 2 bridgehead atoms. The summed E-state index contributed by atoms with van der Waals surface area (Å²) >= 11 is 0. The first-order chi connectivity index (χ1) is 32.0. The fourth-order valence-electron chi connectivity index (χ4n) is 13.4. The van der Waals surface area contributed by atoms with Gasteiger partial charge in [-0.15, -0.1) is 0 Å². The van der Waals surface area contributed by atoms with E-state index in [1.54, 1.807) is 5.57 Å². The first-order valence-corrected chi connectivity index (χ1v) is 30.5. The lowest BCUT2D eigenvalue weighted by molar-refractivity contribution is -0.120. The van der Waals surface area contributed by atoms with Crippen LogP contribution in [0.15, 0.2) is 35.9 Å². The zero-order valence-electron chi connectivity index (χ0n) is 55.2. The van der Waals surface area contributed by atoms with Crippen LogP contribution in [-0.4, -0.2) is 23.5 Å². The summed E-state index contributed by atoms with van der Waals surface area (Å²) in [5.74, 6) is 3.72. The van der Waals surface area contributed by atoms with E-state index in [0.29, 0.717) is 54.3 Å². The number of piperidine rings is 1. The number of allylic oxidation sites excluding steroid dienone is 2. The molecule has 1 aromatic carbocycles. The Morgan fingerprint density at radius 2 is 0.630 bits per heavy atom. The topological polar surface area (TPSA) is 3.24 Å². The molecular weight excluding hydrogens is 879 g/mol. The van der Waals surface area contributed by atoms with Gasteiger partial charge in [0.15, 0.2) is 0 Å². The molecule has 1 heterocycles. The maximum atomic E-state index is 2.62. The Bertz CT molecular complexity index is 1570. The van der Waals surface area contributed by atoms with Gasteiger partial charge in [-0.05, 0) is 225 Å². The van der Waals surface area contributed by atoms with E-state index in [-0.39, 0.29) is 18.3 Å². The van der Waals surface area contributed by atoms with Gasteiger partial charge in [0.1, 0.15) is 0 Å². The number of rotatable bonds is 0. The molecule has 1 aliphatic heterocycles. The van der Waals surface area contributed by atoms with Gasteiger partial charge < -0.3 is 0 Å². The monoisotopic (exact) mass is 1020 g/mol. The molecule has 1 atom stereocenters. The number of likely N-dealkylation sites (tertiary alicyclic amines) is 1. The van der Waals surface area contributed by atoms with E-state index in [9.17, 15) is 0 Å². The average molecular weight is 1020 g/mol. The molecule has 7 rings (SSSR count). The molecular formula is C72H137N. The Hall–Kier alpha value is -1.08. The summed E-state index contributed by atoms with van der Waals surface area (Å²) in [6, 6.07) is 9.00. The molecule has 4 saturated carbocycles. The summed E-state index contributed by atoms with van der Waals surface area (Å²) in [5.41, 5.74) is 10.2. The lowest BCUT2D eigenvalue weighted by Crippen LogP contribution is -2.52. The smallest absolute Gasteiger partial charge is 0.0125 e. The minimum atomic E-state index is 0. The molecule has 6 aliphatic rings. The highest BCUT2D eigenvalue weighted by atomic mass is 15.2. The van der Waals surface area contributed by atoms with Crippen molar-refractivity contribution < 1.29 is 0 Å². The fraction of sp³-hybridized carbons (Fsp3) is 0.889. The van der Waals surface area contributed by atoms with Gasteiger partial charge in [0.2, 0.25) is 0 Å². The third-order valence-electron chi connectivity index (χ3n) is 20.5. The molecule has 0 spiro atoms. The molecule has 1 saturated heterocycles. The van der Waals surface area contributed by atoms with Crippen molar-refractivity contribution in [1.82, 2.24) is 4.90 Å². The Balaban J connectivity index is 0.000000455. The molecule has 430 valence electrons. The van der Waals surface area contributed by atoms with Crippen LogP contribution in [-0.2, 0) is 10.8 Å². The summed E-state index contributed by atoms with van der Waals surface area (Å²) < 4.78 is 0. The van der Waals surface area contributed by atoms with Crippen LogP contribution >= 0.6 is 0 Å². The van der Waals surface area contributed by atoms with Crippen molar-refractivity contribution in [2.75, 3.05) is 13.1 Å². The van der Waals surface area contributed by atoms with E-state index in [4.69, 9.17) is 0 Å². The van der Waals surface area contributed by atoms with Gasteiger partial charge in [-0.1, -0.05) is 230 Å². The fourth-order valence-corrected chi connectivity index (χ4v) is 13.4. The van der Waals surface area contributed by atoms with Crippen molar-refractivity contribution in [3.8, 4) is 0 Å². The number of hydrogen-bond donors (Lipinski definition) is 0. The number of fused-ring (bicyclic) bond motifs is 3. The van der Waals surface area contributed by atoms with Crippen LogP contribution in [0.25, 0.3) is 0 Å². The molecule has 0 radical (unpaired) electrons. The van der Waals surface area contributed by atoms with E-state index in [1.165, 1.54) is 121 Å².